The first-order chi connectivity index (χ1) is 9.70. The van der Waals surface area contributed by atoms with E-state index < -0.39 is 0 Å². The molecule has 0 aromatic heterocycles. The van der Waals surface area contributed by atoms with Crippen LogP contribution < -0.4 is 5.73 Å². The number of benzene rings is 1. The number of thiocarbonyl (C=S) groups is 1. The molecule has 1 aromatic rings. The van der Waals surface area contributed by atoms with Gasteiger partial charge in [0.2, 0.25) is 0 Å². The zero-order valence-corrected chi connectivity index (χ0v) is 12.7. The Labute approximate surface area is 126 Å². The molecule has 0 atom stereocenters. The van der Waals surface area contributed by atoms with Gasteiger partial charge in [-0.1, -0.05) is 55.7 Å². The summed E-state index contributed by atoms with van der Waals surface area (Å²) in [7, 11) is 0. The predicted molar refractivity (Wildman–Crippen MR) is 86.7 cm³/mol. The smallest absolute Gasteiger partial charge is 0.103 e. The topological polar surface area (TPSA) is 49.5 Å². The van der Waals surface area contributed by atoms with Crippen LogP contribution in [0.2, 0.25) is 0 Å². The highest BCUT2D eigenvalue weighted by atomic mass is 32.1. The molecule has 0 aliphatic heterocycles. The minimum Gasteiger partial charge on any atom is -0.395 e. The molecule has 3 N–H and O–H groups in total. The summed E-state index contributed by atoms with van der Waals surface area (Å²) in [4.78, 5) is 2.85. The molecule has 2 rings (SSSR count). The van der Waals surface area contributed by atoms with Crippen molar-refractivity contribution >= 4 is 17.2 Å². The Hall–Kier alpha value is -0.970. The zero-order valence-electron chi connectivity index (χ0n) is 11.9. The molecule has 0 amide bonds. The molecule has 0 heterocycles. The molecule has 1 saturated carbocycles. The van der Waals surface area contributed by atoms with Gasteiger partial charge in [-0.15, -0.1) is 0 Å². The third-order valence-corrected chi connectivity index (χ3v) is 4.34. The Morgan fingerprint density at radius 1 is 1.20 bits per heavy atom. The summed E-state index contributed by atoms with van der Waals surface area (Å²) in [6.07, 6.45) is 6.49. The van der Waals surface area contributed by atoms with Crippen LogP contribution in [0.25, 0.3) is 0 Å². The Kier molecular flexibility index (Phi) is 5.95. The van der Waals surface area contributed by atoms with E-state index in [0.717, 1.165) is 18.7 Å². The van der Waals surface area contributed by atoms with Gasteiger partial charge in [-0.05, 0) is 18.4 Å². The fourth-order valence-corrected chi connectivity index (χ4v) is 3.11. The lowest BCUT2D eigenvalue weighted by molar-refractivity contribution is 0.117. The van der Waals surface area contributed by atoms with Crippen LogP contribution in [0.3, 0.4) is 0 Å². The number of rotatable bonds is 6. The van der Waals surface area contributed by atoms with Gasteiger partial charge < -0.3 is 10.8 Å². The van der Waals surface area contributed by atoms with Gasteiger partial charge >= 0.3 is 0 Å². The van der Waals surface area contributed by atoms with E-state index in [2.05, 4.69) is 17.0 Å². The largest absolute Gasteiger partial charge is 0.395 e. The second-order valence-electron chi connectivity index (χ2n) is 5.55. The fourth-order valence-electron chi connectivity index (χ4n) is 2.97. The zero-order chi connectivity index (χ0) is 14.4. The van der Waals surface area contributed by atoms with Crippen molar-refractivity contribution in [3.63, 3.8) is 0 Å². The molecular weight excluding hydrogens is 268 g/mol. The van der Waals surface area contributed by atoms with Crippen LogP contribution in [0.15, 0.2) is 24.3 Å². The van der Waals surface area contributed by atoms with Crippen molar-refractivity contribution in [2.45, 2.75) is 44.7 Å². The Balaban J connectivity index is 2.01. The third-order valence-electron chi connectivity index (χ3n) is 4.10. The highest BCUT2D eigenvalue weighted by Crippen LogP contribution is 2.24. The van der Waals surface area contributed by atoms with E-state index in [0.29, 0.717) is 11.0 Å². The summed E-state index contributed by atoms with van der Waals surface area (Å²) in [5.41, 5.74) is 7.78. The first-order valence-corrected chi connectivity index (χ1v) is 7.85. The summed E-state index contributed by atoms with van der Waals surface area (Å²) in [6.45, 7) is 1.87. The summed E-state index contributed by atoms with van der Waals surface area (Å²) in [5, 5.41) is 9.29. The maximum Gasteiger partial charge on any atom is 0.103 e. The lowest BCUT2D eigenvalue weighted by Gasteiger charge is -2.34. The first-order valence-electron chi connectivity index (χ1n) is 7.44. The van der Waals surface area contributed by atoms with Crippen LogP contribution in [0.4, 0.5) is 0 Å². The molecule has 4 heteroatoms. The molecule has 1 aliphatic rings. The summed E-state index contributed by atoms with van der Waals surface area (Å²) >= 11 is 4.97. The molecule has 1 aliphatic carbocycles. The van der Waals surface area contributed by atoms with Gasteiger partial charge in [-0.2, -0.15) is 0 Å². The van der Waals surface area contributed by atoms with Gasteiger partial charge in [0.1, 0.15) is 4.99 Å². The lowest BCUT2D eigenvalue weighted by Crippen LogP contribution is -2.38. The molecule has 110 valence electrons. The van der Waals surface area contributed by atoms with Crippen molar-refractivity contribution < 1.29 is 5.11 Å². The van der Waals surface area contributed by atoms with Crippen molar-refractivity contribution in [2.75, 3.05) is 13.2 Å². The molecule has 0 spiro atoms. The molecule has 0 saturated heterocycles. The highest BCUT2D eigenvalue weighted by Gasteiger charge is 2.20. The van der Waals surface area contributed by atoms with E-state index in [-0.39, 0.29) is 6.61 Å². The molecule has 0 bridgehead atoms. The van der Waals surface area contributed by atoms with Crippen molar-refractivity contribution in [2.24, 2.45) is 5.73 Å². The molecule has 20 heavy (non-hydrogen) atoms. The van der Waals surface area contributed by atoms with Gasteiger partial charge in [-0.25, -0.2) is 0 Å². The van der Waals surface area contributed by atoms with E-state index in [4.69, 9.17) is 18.0 Å². The van der Waals surface area contributed by atoms with Crippen molar-refractivity contribution in [1.29, 1.82) is 0 Å². The normalized spacial score (nSPS) is 16.5. The monoisotopic (exact) mass is 292 g/mol. The molecular formula is C16H24N2OS. The van der Waals surface area contributed by atoms with Gasteiger partial charge in [-0.3, -0.25) is 4.90 Å². The van der Waals surface area contributed by atoms with Crippen molar-refractivity contribution in [3.05, 3.63) is 35.4 Å². The van der Waals surface area contributed by atoms with Crippen LogP contribution in [0.5, 0.6) is 0 Å². The van der Waals surface area contributed by atoms with E-state index >= 15 is 0 Å². The highest BCUT2D eigenvalue weighted by molar-refractivity contribution is 7.80. The number of hydrogen-bond donors (Lipinski definition) is 2. The summed E-state index contributed by atoms with van der Waals surface area (Å²) < 4.78 is 0. The van der Waals surface area contributed by atoms with Gasteiger partial charge in [0.05, 0.1) is 6.61 Å². The lowest BCUT2D eigenvalue weighted by atomic mass is 9.94. The number of nitrogens with two attached hydrogens (primary N) is 1. The molecule has 0 unspecified atom stereocenters. The second kappa shape index (κ2) is 7.72. The van der Waals surface area contributed by atoms with Crippen molar-refractivity contribution in [1.82, 2.24) is 4.90 Å². The number of aliphatic hydroxyl groups is 1. The molecule has 0 radical (unpaired) electrons. The SMILES string of the molecule is NC(=S)c1ccc(CN(CCO)C2CCCCC2)cc1. The standard InChI is InChI=1S/C16H24N2OS/c17-16(20)14-8-6-13(7-9-14)12-18(10-11-19)15-4-2-1-3-5-15/h6-9,15,19H,1-5,10-12H2,(H2,17,20). The van der Waals surface area contributed by atoms with Crippen LogP contribution in [0, 0.1) is 0 Å². The average molecular weight is 292 g/mol. The Bertz CT molecular complexity index is 427. The summed E-state index contributed by atoms with van der Waals surface area (Å²) in [5.74, 6) is 0. The maximum absolute atomic E-state index is 9.29. The number of hydrogen-bond acceptors (Lipinski definition) is 3. The van der Waals surface area contributed by atoms with Crippen LogP contribution >= 0.6 is 12.2 Å². The van der Waals surface area contributed by atoms with Crippen LogP contribution in [-0.2, 0) is 6.54 Å². The van der Waals surface area contributed by atoms with E-state index in [1.54, 1.807) is 0 Å². The van der Waals surface area contributed by atoms with Gasteiger partial charge in [0.25, 0.3) is 0 Å². The van der Waals surface area contributed by atoms with Crippen LogP contribution in [-0.4, -0.2) is 34.2 Å². The van der Waals surface area contributed by atoms with E-state index in [1.807, 2.05) is 12.1 Å². The first kappa shape index (κ1) is 15.4. The average Bonchev–Trinajstić information content (AvgIpc) is 2.48. The van der Waals surface area contributed by atoms with E-state index in [1.165, 1.54) is 37.7 Å². The third kappa shape index (κ3) is 4.27. The maximum atomic E-state index is 9.29. The van der Waals surface area contributed by atoms with Gasteiger partial charge in [0, 0.05) is 24.7 Å². The fraction of sp³-hybridized carbons (Fsp3) is 0.562. The predicted octanol–water partition coefficient (Wildman–Crippen LogP) is 2.45. The number of aliphatic hydroxyl groups excluding tert-OH is 1. The van der Waals surface area contributed by atoms with Crippen molar-refractivity contribution in [3.8, 4) is 0 Å². The molecule has 1 aromatic carbocycles. The summed E-state index contributed by atoms with van der Waals surface area (Å²) in [6, 6.07) is 8.75. The second-order valence-corrected chi connectivity index (χ2v) is 5.99. The Morgan fingerprint density at radius 3 is 2.40 bits per heavy atom. The number of nitrogens with zero attached hydrogens (tertiary/aromatic N) is 1. The minimum absolute atomic E-state index is 0.224. The van der Waals surface area contributed by atoms with E-state index in [9.17, 15) is 5.11 Å². The minimum atomic E-state index is 0.224. The van der Waals surface area contributed by atoms with Crippen LogP contribution in [0.1, 0.15) is 43.2 Å². The molecule has 1 fully saturated rings. The Morgan fingerprint density at radius 2 is 1.85 bits per heavy atom. The quantitative estimate of drug-likeness (QED) is 0.791. The van der Waals surface area contributed by atoms with Gasteiger partial charge in [0.15, 0.2) is 0 Å². The molecule has 3 nitrogen and oxygen atoms in total.